The van der Waals surface area contributed by atoms with Crippen LogP contribution in [0.2, 0.25) is 0 Å². The van der Waals surface area contributed by atoms with E-state index in [1.807, 2.05) is 42.5 Å². The maximum Gasteiger partial charge on any atom is 0.338 e. The molecule has 0 saturated heterocycles. The first-order valence-corrected chi connectivity index (χ1v) is 14.7. The third kappa shape index (κ3) is 5.98. The molecule has 2 heterocycles. The van der Waals surface area contributed by atoms with Gasteiger partial charge in [-0.05, 0) is 83.5 Å². The van der Waals surface area contributed by atoms with Crippen molar-refractivity contribution in [2.75, 3.05) is 13.7 Å². The minimum atomic E-state index is -0.809. The summed E-state index contributed by atoms with van der Waals surface area (Å²) in [4.78, 5) is 31.9. The Kier molecular flexibility index (Phi) is 8.69. The molecule has 41 heavy (non-hydrogen) atoms. The van der Waals surface area contributed by atoms with Crippen molar-refractivity contribution < 1.29 is 23.4 Å². The number of allylic oxidation sites excluding steroid dienone is 1. The Balaban J connectivity index is 1.58. The third-order valence-corrected chi connectivity index (χ3v) is 8.26. The molecule has 7 nitrogen and oxygen atoms in total. The largest absolute Gasteiger partial charge is 0.493 e. The summed E-state index contributed by atoms with van der Waals surface area (Å²) in [6.07, 6.45) is 1.76. The van der Waals surface area contributed by atoms with E-state index in [1.165, 1.54) is 28.0 Å². The Labute approximate surface area is 253 Å². The average Bonchev–Trinajstić information content (AvgIpc) is 3.26. The number of nitrogens with zero attached hydrogens (tertiary/aromatic N) is 2. The summed E-state index contributed by atoms with van der Waals surface area (Å²) < 4.78 is 33.5. The molecule has 4 aromatic rings. The summed E-state index contributed by atoms with van der Waals surface area (Å²) in [6, 6.07) is 18.5. The summed E-state index contributed by atoms with van der Waals surface area (Å²) >= 11 is 3.40. The van der Waals surface area contributed by atoms with Gasteiger partial charge in [-0.1, -0.05) is 53.8 Å². The second-order valence-corrected chi connectivity index (χ2v) is 11.3. The van der Waals surface area contributed by atoms with Crippen molar-refractivity contribution in [1.29, 1.82) is 0 Å². The average molecular weight is 685 g/mol. The molecular formula is C31H26FIN2O5S. The second-order valence-electron chi connectivity index (χ2n) is 9.16. The van der Waals surface area contributed by atoms with Crippen LogP contribution in [-0.4, -0.2) is 24.3 Å². The number of benzene rings is 3. The molecule has 10 heteroatoms. The van der Waals surface area contributed by atoms with Crippen LogP contribution in [-0.2, 0) is 16.1 Å². The van der Waals surface area contributed by atoms with Crippen LogP contribution in [0.5, 0.6) is 11.5 Å². The van der Waals surface area contributed by atoms with Crippen molar-refractivity contribution in [2.45, 2.75) is 26.5 Å². The number of fused-ring (bicyclic) bond motifs is 1. The highest BCUT2D eigenvalue weighted by atomic mass is 127. The van der Waals surface area contributed by atoms with Crippen LogP contribution in [0.15, 0.2) is 87.8 Å². The van der Waals surface area contributed by atoms with Gasteiger partial charge in [0.25, 0.3) is 5.56 Å². The normalized spacial score (nSPS) is 14.9. The van der Waals surface area contributed by atoms with Crippen LogP contribution in [0.3, 0.4) is 0 Å². The summed E-state index contributed by atoms with van der Waals surface area (Å²) in [5.41, 5.74) is 2.71. The summed E-state index contributed by atoms with van der Waals surface area (Å²) in [5.74, 6) is 0.167. The van der Waals surface area contributed by atoms with E-state index in [4.69, 9.17) is 14.2 Å². The quantitative estimate of drug-likeness (QED) is 0.190. The van der Waals surface area contributed by atoms with E-state index in [0.717, 1.165) is 14.7 Å². The van der Waals surface area contributed by atoms with Gasteiger partial charge in [-0.3, -0.25) is 9.36 Å². The van der Waals surface area contributed by atoms with Gasteiger partial charge in [-0.25, -0.2) is 14.2 Å². The molecule has 0 saturated carbocycles. The molecule has 3 aromatic carbocycles. The highest BCUT2D eigenvalue weighted by Gasteiger charge is 2.33. The fourth-order valence-electron chi connectivity index (χ4n) is 4.60. The molecule has 0 fully saturated rings. The fraction of sp³-hybridized carbons (Fsp3) is 0.194. The lowest BCUT2D eigenvalue weighted by Gasteiger charge is -2.24. The molecule has 5 rings (SSSR count). The molecule has 210 valence electrons. The smallest absolute Gasteiger partial charge is 0.338 e. The zero-order valence-electron chi connectivity index (χ0n) is 22.5. The molecule has 1 aliphatic heterocycles. The van der Waals surface area contributed by atoms with E-state index in [2.05, 4.69) is 27.6 Å². The first-order valence-electron chi connectivity index (χ1n) is 12.8. The number of carbonyl (C=O) groups excluding carboxylic acids is 1. The highest BCUT2D eigenvalue weighted by Crippen LogP contribution is 2.35. The van der Waals surface area contributed by atoms with Crippen LogP contribution in [0.1, 0.15) is 36.6 Å². The van der Waals surface area contributed by atoms with E-state index in [9.17, 15) is 14.0 Å². The van der Waals surface area contributed by atoms with Gasteiger partial charge in [0.1, 0.15) is 12.4 Å². The van der Waals surface area contributed by atoms with Crippen molar-refractivity contribution >= 4 is 46.0 Å². The number of esters is 1. The number of thiazole rings is 1. The Hall–Kier alpha value is -3.77. The molecule has 0 unspecified atom stereocenters. The fourth-order valence-corrected chi connectivity index (χ4v) is 6.42. The van der Waals surface area contributed by atoms with Gasteiger partial charge in [-0.15, -0.1) is 0 Å². The first kappa shape index (κ1) is 28.7. The predicted molar refractivity (Wildman–Crippen MR) is 163 cm³/mol. The van der Waals surface area contributed by atoms with Crippen LogP contribution in [0.4, 0.5) is 4.39 Å². The summed E-state index contributed by atoms with van der Waals surface area (Å²) in [6.45, 7) is 3.98. The van der Waals surface area contributed by atoms with Crippen LogP contribution >= 0.6 is 33.9 Å². The molecule has 1 aliphatic rings. The predicted octanol–water partition coefficient (Wildman–Crippen LogP) is 5.13. The van der Waals surface area contributed by atoms with Gasteiger partial charge in [0.2, 0.25) is 0 Å². The summed E-state index contributed by atoms with van der Waals surface area (Å²) in [7, 11) is 1.57. The Morgan fingerprint density at radius 1 is 1.15 bits per heavy atom. The summed E-state index contributed by atoms with van der Waals surface area (Å²) in [5, 5.41) is 0. The molecule has 0 radical (unpaired) electrons. The van der Waals surface area contributed by atoms with Crippen LogP contribution < -0.4 is 24.4 Å². The topological polar surface area (TPSA) is 79.1 Å². The number of carbonyl (C=O) groups is 1. The molecule has 0 aliphatic carbocycles. The number of aromatic nitrogens is 1. The minimum absolute atomic E-state index is 0.168. The number of halogens is 2. The van der Waals surface area contributed by atoms with E-state index in [-0.39, 0.29) is 17.7 Å². The lowest BCUT2D eigenvalue weighted by atomic mass is 9.96. The highest BCUT2D eigenvalue weighted by molar-refractivity contribution is 14.1. The number of ether oxygens (including phenoxy) is 3. The van der Waals surface area contributed by atoms with Gasteiger partial charge >= 0.3 is 5.97 Å². The molecule has 0 bridgehead atoms. The second kappa shape index (κ2) is 12.4. The van der Waals surface area contributed by atoms with E-state index >= 15 is 0 Å². The zero-order chi connectivity index (χ0) is 29.1. The third-order valence-electron chi connectivity index (χ3n) is 6.48. The van der Waals surface area contributed by atoms with E-state index < -0.39 is 17.8 Å². The number of hydrogen-bond acceptors (Lipinski definition) is 7. The van der Waals surface area contributed by atoms with Gasteiger partial charge < -0.3 is 14.2 Å². The molecule has 0 N–H and O–H groups in total. The van der Waals surface area contributed by atoms with E-state index in [1.54, 1.807) is 39.2 Å². The van der Waals surface area contributed by atoms with Gasteiger partial charge in [0, 0.05) is 0 Å². The monoisotopic (exact) mass is 684 g/mol. The maximum absolute atomic E-state index is 13.8. The maximum atomic E-state index is 13.8. The molecular weight excluding hydrogens is 658 g/mol. The molecule has 1 atom stereocenters. The Morgan fingerprint density at radius 3 is 2.56 bits per heavy atom. The van der Waals surface area contributed by atoms with Crippen molar-refractivity contribution in [3.8, 4) is 11.5 Å². The molecule has 0 amide bonds. The van der Waals surface area contributed by atoms with E-state index in [0.29, 0.717) is 38.7 Å². The zero-order valence-corrected chi connectivity index (χ0v) is 25.5. The minimum Gasteiger partial charge on any atom is -0.493 e. The van der Waals surface area contributed by atoms with Crippen molar-refractivity contribution in [3.05, 3.63) is 124 Å². The standard InChI is InChI=1S/C31H26FIN2O5S/c1-4-39-30(37)26-18(2)34-31-35(27(26)21-10-12-22(32)13-11-21)29(36)25(41-31)16-20-14-23(33)28(24(15-20)38-3)40-17-19-8-6-5-7-9-19/h5-16,27H,4,17H2,1-3H3/b25-16-/t27-/m0/s1. The Morgan fingerprint density at radius 2 is 1.88 bits per heavy atom. The van der Waals surface area contributed by atoms with Crippen LogP contribution in [0, 0.1) is 9.39 Å². The van der Waals surface area contributed by atoms with Crippen LogP contribution in [0.25, 0.3) is 6.08 Å². The van der Waals surface area contributed by atoms with Gasteiger partial charge in [0.05, 0.1) is 39.1 Å². The number of methoxy groups -OCH3 is 1. The lowest BCUT2D eigenvalue weighted by Crippen LogP contribution is -2.39. The molecule has 1 aromatic heterocycles. The first-order chi connectivity index (χ1) is 19.8. The molecule has 0 spiro atoms. The SMILES string of the molecule is CCOC(=O)C1=C(C)N=c2s/c(=C\c3cc(I)c(OCc4ccccc4)c(OC)c3)c(=O)n2[C@H]1c1ccc(F)cc1. The van der Waals surface area contributed by atoms with Gasteiger partial charge in [0.15, 0.2) is 16.3 Å². The lowest BCUT2D eigenvalue weighted by molar-refractivity contribution is -0.139. The number of rotatable bonds is 8. The number of hydrogen-bond donors (Lipinski definition) is 0. The van der Waals surface area contributed by atoms with Crippen molar-refractivity contribution in [1.82, 2.24) is 4.57 Å². The van der Waals surface area contributed by atoms with Gasteiger partial charge in [-0.2, -0.15) is 0 Å². The van der Waals surface area contributed by atoms with Crippen molar-refractivity contribution in [3.63, 3.8) is 0 Å². The Bertz CT molecular complexity index is 1810. The van der Waals surface area contributed by atoms with Crippen molar-refractivity contribution in [2.24, 2.45) is 4.99 Å².